The van der Waals surface area contributed by atoms with Gasteiger partial charge < -0.3 is 5.11 Å². The summed E-state index contributed by atoms with van der Waals surface area (Å²) in [5.74, 6) is 0.357. The van der Waals surface area contributed by atoms with Crippen molar-refractivity contribution >= 4 is 9.84 Å². The first-order chi connectivity index (χ1) is 6.02. The lowest BCUT2D eigenvalue weighted by Crippen LogP contribution is -2.19. The highest BCUT2D eigenvalue weighted by Crippen LogP contribution is 2.41. The van der Waals surface area contributed by atoms with E-state index in [2.05, 4.69) is 0 Å². The maximum absolute atomic E-state index is 11.4. The summed E-state index contributed by atoms with van der Waals surface area (Å²) in [7, 11) is -2.79. The first-order valence-electron chi connectivity index (χ1n) is 4.96. The fraction of sp³-hybridized carbons (Fsp3) is 1.00. The van der Waals surface area contributed by atoms with Gasteiger partial charge in [0.05, 0.1) is 16.6 Å². The topological polar surface area (TPSA) is 54.4 Å². The van der Waals surface area contributed by atoms with E-state index in [0.717, 1.165) is 25.7 Å². The standard InChI is InChI=1S/C9H16O3S/c10-9(5-6-9)4-3-8-2-1-7-13(8,11)12/h8,10H,1-7H2. The van der Waals surface area contributed by atoms with Crippen LogP contribution >= 0.6 is 0 Å². The zero-order valence-electron chi connectivity index (χ0n) is 7.70. The number of hydrogen-bond acceptors (Lipinski definition) is 3. The molecule has 4 heteroatoms. The molecule has 2 fully saturated rings. The maximum Gasteiger partial charge on any atom is 0.153 e. The maximum atomic E-state index is 11.4. The molecule has 0 bridgehead atoms. The Kier molecular flexibility index (Phi) is 2.15. The van der Waals surface area contributed by atoms with Crippen molar-refractivity contribution in [2.75, 3.05) is 5.75 Å². The van der Waals surface area contributed by atoms with E-state index in [0.29, 0.717) is 18.6 Å². The van der Waals surface area contributed by atoms with Crippen molar-refractivity contribution in [2.24, 2.45) is 0 Å². The van der Waals surface area contributed by atoms with E-state index in [-0.39, 0.29) is 5.25 Å². The summed E-state index contributed by atoms with van der Waals surface area (Å²) in [4.78, 5) is 0. The highest BCUT2D eigenvalue weighted by molar-refractivity contribution is 7.92. The van der Waals surface area contributed by atoms with Gasteiger partial charge in [-0.15, -0.1) is 0 Å². The molecule has 1 saturated heterocycles. The van der Waals surface area contributed by atoms with Gasteiger partial charge in [0.1, 0.15) is 0 Å². The third-order valence-electron chi connectivity index (χ3n) is 3.22. The van der Waals surface area contributed by atoms with Crippen molar-refractivity contribution < 1.29 is 13.5 Å². The second-order valence-corrected chi connectivity index (χ2v) is 6.79. The van der Waals surface area contributed by atoms with Gasteiger partial charge >= 0.3 is 0 Å². The zero-order chi connectivity index (χ0) is 9.53. The van der Waals surface area contributed by atoms with E-state index >= 15 is 0 Å². The molecule has 0 radical (unpaired) electrons. The molecule has 1 unspecified atom stereocenters. The lowest BCUT2D eigenvalue weighted by Gasteiger charge is -2.11. The highest BCUT2D eigenvalue weighted by Gasteiger charge is 2.42. The molecule has 0 amide bonds. The Bertz CT molecular complexity index is 290. The van der Waals surface area contributed by atoms with Gasteiger partial charge in [-0.05, 0) is 38.5 Å². The van der Waals surface area contributed by atoms with Crippen molar-refractivity contribution in [3.63, 3.8) is 0 Å². The Morgan fingerprint density at radius 2 is 2.08 bits per heavy atom. The summed E-state index contributed by atoms with van der Waals surface area (Å²) in [6.45, 7) is 0. The molecule has 3 nitrogen and oxygen atoms in total. The second-order valence-electron chi connectivity index (χ2n) is 4.39. The molecule has 1 saturated carbocycles. The van der Waals surface area contributed by atoms with Gasteiger partial charge in [-0.2, -0.15) is 0 Å². The van der Waals surface area contributed by atoms with Gasteiger partial charge in [0.15, 0.2) is 9.84 Å². The molecular formula is C9H16O3S. The van der Waals surface area contributed by atoms with E-state index in [1.54, 1.807) is 0 Å². The molecule has 0 aromatic carbocycles. The van der Waals surface area contributed by atoms with Crippen LogP contribution in [0.15, 0.2) is 0 Å². The average Bonchev–Trinajstić information content (AvgIpc) is 2.66. The number of rotatable bonds is 3. The molecule has 2 rings (SSSR count). The third-order valence-corrected chi connectivity index (χ3v) is 5.57. The summed E-state index contributed by atoms with van der Waals surface area (Å²) >= 11 is 0. The molecule has 2 aliphatic rings. The SMILES string of the molecule is O=S1(=O)CCCC1CCC1(O)CC1. The van der Waals surface area contributed by atoms with Crippen molar-refractivity contribution in [3.05, 3.63) is 0 Å². The van der Waals surface area contributed by atoms with E-state index in [4.69, 9.17) is 0 Å². The molecule has 1 N–H and O–H groups in total. The van der Waals surface area contributed by atoms with E-state index in [1.165, 1.54) is 0 Å². The molecular weight excluding hydrogens is 188 g/mol. The molecule has 0 aromatic rings. The van der Waals surface area contributed by atoms with Crippen molar-refractivity contribution in [1.82, 2.24) is 0 Å². The summed E-state index contributed by atoms with van der Waals surface area (Å²) in [6, 6.07) is 0. The molecule has 0 spiro atoms. The highest BCUT2D eigenvalue weighted by atomic mass is 32.2. The summed E-state index contributed by atoms with van der Waals surface area (Å²) in [5, 5.41) is 9.41. The van der Waals surface area contributed by atoms with Crippen LogP contribution in [0.25, 0.3) is 0 Å². The summed E-state index contributed by atoms with van der Waals surface area (Å²) in [6.07, 6.45) is 4.68. The zero-order valence-corrected chi connectivity index (χ0v) is 8.52. The Balaban J connectivity index is 1.88. The second kappa shape index (κ2) is 2.95. The van der Waals surface area contributed by atoms with Crippen LogP contribution in [0.2, 0.25) is 0 Å². The van der Waals surface area contributed by atoms with Gasteiger partial charge in [-0.25, -0.2) is 8.42 Å². The first kappa shape index (κ1) is 9.46. The molecule has 1 aliphatic carbocycles. The van der Waals surface area contributed by atoms with Crippen molar-refractivity contribution in [3.8, 4) is 0 Å². The van der Waals surface area contributed by atoms with Crippen LogP contribution in [0.4, 0.5) is 0 Å². The van der Waals surface area contributed by atoms with E-state index < -0.39 is 15.4 Å². The van der Waals surface area contributed by atoms with Crippen LogP contribution in [0.3, 0.4) is 0 Å². The van der Waals surface area contributed by atoms with Crippen LogP contribution in [-0.2, 0) is 9.84 Å². The van der Waals surface area contributed by atoms with Crippen molar-refractivity contribution in [2.45, 2.75) is 49.4 Å². The molecule has 0 aromatic heterocycles. The molecule has 76 valence electrons. The number of hydrogen-bond donors (Lipinski definition) is 1. The van der Waals surface area contributed by atoms with Crippen LogP contribution < -0.4 is 0 Å². The molecule has 1 atom stereocenters. The fourth-order valence-corrected chi connectivity index (χ4v) is 3.91. The van der Waals surface area contributed by atoms with Gasteiger partial charge in [0.2, 0.25) is 0 Å². The largest absolute Gasteiger partial charge is 0.390 e. The van der Waals surface area contributed by atoms with Crippen LogP contribution in [0.1, 0.15) is 38.5 Å². The Hall–Kier alpha value is -0.0900. The fourth-order valence-electron chi connectivity index (χ4n) is 2.01. The van der Waals surface area contributed by atoms with Crippen LogP contribution in [-0.4, -0.2) is 30.1 Å². The van der Waals surface area contributed by atoms with Crippen LogP contribution in [0.5, 0.6) is 0 Å². The quantitative estimate of drug-likeness (QED) is 0.742. The first-order valence-corrected chi connectivity index (χ1v) is 6.67. The summed E-state index contributed by atoms with van der Waals surface area (Å²) < 4.78 is 22.8. The minimum absolute atomic E-state index is 0.155. The normalized spacial score (nSPS) is 34.7. The molecule has 13 heavy (non-hydrogen) atoms. The van der Waals surface area contributed by atoms with Crippen LogP contribution in [0, 0.1) is 0 Å². The molecule has 1 heterocycles. The Morgan fingerprint density at radius 3 is 2.54 bits per heavy atom. The third kappa shape index (κ3) is 2.05. The van der Waals surface area contributed by atoms with Gasteiger partial charge in [0.25, 0.3) is 0 Å². The van der Waals surface area contributed by atoms with Gasteiger partial charge in [-0.3, -0.25) is 0 Å². The van der Waals surface area contributed by atoms with E-state index in [9.17, 15) is 13.5 Å². The minimum Gasteiger partial charge on any atom is -0.390 e. The lowest BCUT2D eigenvalue weighted by molar-refractivity contribution is 0.137. The summed E-state index contributed by atoms with van der Waals surface area (Å²) in [5.41, 5.74) is -0.488. The number of aliphatic hydroxyl groups is 1. The lowest BCUT2D eigenvalue weighted by atomic mass is 10.1. The molecule has 1 aliphatic heterocycles. The predicted octanol–water partition coefficient (Wildman–Crippen LogP) is 0.869. The van der Waals surface area contributed by atoms with E-state index in [1.807, 2.05) is 0 Å². The Morgan fingerprint density at radius 1 is 1.38 bits per heavy atom. The average molecular weight is 204 g/mol. The Labute approximate surface area is 79.1 Å². The van der Waals surface area contributed by atoms with Gasteiger partial charge in [0, 0.05) is 0 Å². The van der Waals surface area contributed by atoms with Gasteiger partial charge in [-0.1, -0.05) is 0 Å². The number of sulfone groups is 1. The monoisotopic (exact) mass is 204 g/mol. The minimum atomic E-state index is -2.79. The predicted molar refractivity (Wildman–Crippen MR) is 50.2 cm³/mol. The smallest absolute Gasteiger partial charge is 0.153 e. The van der Waals surface area contributed by atoms with Crippen molar-refractivity contribution in [1.29, 1.82) is 0 Å².